The van der Waals surface area contributed by atoms with Crippen molar-refractivity contribution >= 4 is 17.2 Å². The number of amides is 1. The lowest BCUT2D eigenvalue weighted by Crippen LogP contribution is -2.34. The van der Waals surface area contributed by atoms with E-state index in [1.807, 2.05) is 4.90 Å². The zero-order valence-corrected chi connectivity index (χ0v) is 12.2. The van der Waals surface area contributed by atoms with Crippen molar-refractivity contribution in [3.8, 4) is 0 Å². The number of thiophene rings is 1. The Morgan fingerprint density at radius 1 is 1.63 bits per heavy atom. The number of nitrogens with two attached hydrogens (primary N) is 1. The molecule has 0 bridgehead atoms. The highest BCUT2D eigenvalue weighted by atomic mass is 32.1. The second-order valence-corrected chi connectivity index (χ2v) is 7.11. The summed E-state index contributed by atoms with van der Waals surface area (Å²) in [6, 6.07) is 2.08. The van der Waals surface area contributed by atoms with Crippen LogP contribution in [0.3, 0.4) is 0 Å². The van der Waals surface area contributed by atoms with Crippen molar-refractivity contribution in [1.82, 2.24) is 10.2 Å². The average molecular weight is 279 g/mol. The maximum Gasteiger partial charge on any atom is 0.263 e. The number of hydrogen-bond donors (Lipinski definition) is 2. The van der Waals surface area contributed by atoms with Crippen LogP contribution < -0.4 is 11.1 Å². The number of nitrogens with zero attached hydrogens (tertiary/aromatic N) is 1. The molecule has 0 aromatic carbocycles. The zero-order valence-electron chi connectivity index (χ0n) is 11.4. The Hall–Kier alpha value is -0.910. The van der Waals surface area contributed by atoms with Gasteiger partial charge in [0.1, 0.15) is 0 Å². The van der Waals surface area contributed by atoms with E-state index >= 15 is 0 Å². The molecule has 0 radical (unpaired) electrons. The molecule has 1 fully saturated rings. The largest absolute Gasteiger partial charge is 0.337 e. The molecule has 104 valence electrons. The molecule has 1 aromatic rings. The van der Waals surface area contributed by atoms with Gasteiger partial charge in [-0.25, -0.2) is 0 Å². The molecule has 3 N–H and O–H groups in total. The average Bonchev–Trinajstić information content (AvgIpc) is 3.02. The van der Waals surface area contributed by atoms with E-state index in [0.29, 0.717) is 6.54 Å². The molecule has 3 rings (SSSR count). The normalized spacial score (nSPS) is 26.5. The standard InChI is InChI=1S/C14H21N3OS/c1-14(8-15)3-5-17(9-14)13(18)12-6-10-7-16-4-2-11(10)19-12/h6,16H,2-5,7-9,15H2,1H3. The molecule has 3 heterocycles. The summed E-state index contributed by atoms with van der Waals surface area (Å²) >= 11 is 1.68. The first-order valence-electron chi connectivity index (χ1n) is 6.93. The van der Waals surface area contributed by atoms with Gasteiger partial charge in [0.05, 0.1) is 4.88 Å². The summed E-state index contributed by atoms with van der Waals surface area (Å²) in [6.45, 7) is 6.39. The third kappa shape index (κ3) is 2.42. The molecule has 1 amide bonds. The van der Waals surface area contributed by atoms with Crippen LogP contribution in [0.25, 0.3) is 0 Å². The van der Waals surface area contributed by atoms with Gasteiger partial charge in [-0.05, 0) is 36.4 Å². The van der Waals surface area contributed by atoms with Crippen molar-refractivity contribution < 1.29 is 4.79 Å². The van der Waals surface area contributed by atoms with E-state index in [2.05, 4.69) is 18.3 Å². The Bertz CT molecular complexity index is 475. The van der Waals surface area contributed by atoms with Crippen LogP contribution in [-0.4, -0.2) is 37.0 Å². The Balaban J connectivity index is 1.76. The van der Waals surface area contributed by atoms with Gasteiger partial charge in [-0.1, -0.05) is 6.92 Å². The summed E-state index contributed by atoms with van der Waals surface area (Å²) < 4.78 is 0. The van der Waals surface area contributed by atoms with Gasteiger partial charge < -0.3 is 16.0 Å². The number of carbonyl (C=O) groups is 1. The maximum atomic E-state index is 12.5. The predicted octanol–water partition coefficient (Wildman–Crippen LogP) is 1.20. The number of likely N-dealkylation sites (tertiary alicyclic amines) is 1. The molecule has 19 heavy (non-hydrogen) atoms. The minimum absolute atomic E-state index is 0.105. The van der Waals surface area contributed by atoms with Gasteiger partial charge in [-0.3, -0.25) is 4.79 Å². The van der Waals surface area contributed by atoms with Crippen molar-refractivity contribution in [1.29, 1.82) is 0 Å². The van der Waals surface area contributed by atoms with Crippen LogP contribution in [0.2, 0.25) is 0 Å². The van der Waals surface area contributed by atoms with E-state index < -0.39 is 0 Å². The fraction of sp³-hybridized carbons (Fsp3) is 0.643. The van der Waals surface area contributed by atoms with Crippen molar-refractivity contribution in [2.45, 2.75) is 26.3 Å². The molecule has 1 atom stereocenters. The highest BCUT2D eigenvalue weighted by Gasteiger charge is 2.35. The van der Waals surface area contributed by atoms with Gasteiger partial charge in [-0.2, -0.15) is 0 Å². The topological polar surface area (TPSA) is 58.4 Å². The van der Waals surface area contributed by atoms with Crippen molar-refractivity contribution in [2.24, 2.45) is 11.1 Å². The highest BCUT2D eigenvalue weighted by molar-refractivity contribution is 7.14. The Morgan fingerprint density at radius 2 is 2.47 bits per heavy atom. The third-order valence-corrected chi connectivity index (χ3v) is 5.51. The van der Waals surface area contributed by atoms with E-state index in [0.717, 1.165) is 43.9 Å². The molecule has 0 spiro atoms. The fourth-order valence-corrected chi connectivity index (χ4v) is 4.03. The summed E-state index contributed by atoms with van der Waals surface area (Å²) in [7, 11) is 0. The number of hydrogen-bond acceptors (Lipinski definition) is 4. The van der Waals surface area contributed by atoms with E-state index in [9.17, 15) is 4.79 Å². The first-order chi connectivity index (χ1) is 9.11. The molecule has 1 unspecified atom stereocenters. The first kappa shape index (κ1) is 13.1. The SMILES string of the molecule is CC1(CN)CCN(C(=O)c2cc3c(s2)CCNC3)C1. The van der Waals surface area contributed by atoms with Crippen LogP contribution >= 0.6 is 11.3 Å². The van der Waals surface area contributed by atoms with Gasteiger partial charge in [0.25, 0.3) is 5.91 Å². The fourth-order valence-electron chi connectivity index (χ4n) is 2.88. The molecule has 0 aliphatic carbocycles. The monoisotopic (exact) mass is 279 g/mol. The second kappa shape index (κ2) is 4.89. The van der Waals surface area contributed by atoms with Crippen molar-refractivity contribution in [3.63, 3.8) is 0 Å². The van der Waals surface area contributed by atoms with E-state index in [-0.39, 0.29) is 11.3 Å². The molecule has 2 aliphatic heterocycles. The van der Waals surface area contributed by atoms with Crippen LogP contribution in [0.15, 0.2) is 6.07 Å². The number of carbonyl (C=O) groups excluding carboxylic acids is 1. The zero-order chi connectivity index (χ0) is 13.5. The summed E-state index contributed by atoms with van der Waals surface area (Å²) in [5, 5.41) is 3.35. The van der Waals surface area contributed by atoms with E-state index in [1.54, 1.807) is 11.3 Å². The van der Waals surface area contributed by atoms with Crippen LogP contribution in [0.1, 0.15) is 33.5 Å². The van der Waals surface area contributed by atoms with E-state index in [1.165, 1.54) is 10.4 Å². The lowest BCUT2D eigenvalue weighted by atomic mass is 9.90. The minimum atomic E-state index is 0.105. The van der Waals surface area contributed by atoms with Crippen LogP contribution in [0, 0.1) is 5.41 Å². The van der Waals surface area contributed by atoms with Gasteiger partial charge in [0, 0.05) is 31.1 Å². The summed E-state index contributed by atoms with van der Waals surface area (Å²) in [5.74, 6) is 0.191. The summed E-state index contributed by atoms with van der Waals surface area (Å²) in [5.41, 5.74) is 7.22. The summed E-state index contributed by atoms with van der Waals surface area (Å²) in [4.78, 5) is 16.8. The van der Waals surface area contributed by atoms with Gasteiger partial charge in [0.2, 0.25) is 0 Å². The quantitative estimate of drug-likeness (QED) is 0.855. The molecule has 1 aromatic heterocycles. The lowest BCUT2D eigenvalue weighted by molar-refractivity contribution is 0.0781. The van der Waals surface area contributed by atoms with Crippen molar-refractivity contribution in [2.75, 3.05) is 26.2 Å². The van der Waals surface area contributed by atoms with Crippen LogP contribution in [0.5, 0.6) is 0 Å². The smallest absolute Gasteiger partial charge is 0.263 e. The molecular formula is C14H21N3OS. The molecule has 2 aliphatic rings. The second-order valence-electron chi connectivity index (χ2n) is 5.98. The Kier molecular flexibility index (Phi) is 3.37. The Labute approximate surface area is 118 Å². The lowest BCUT2D eigenvalue weighted by Gasteiger charge is -2.22. The summed E-state index contributed by atoms with van der Waals surface area (Å²) in [6.07, 6.45) is 2.07. The van der Waals surface area contributed by atoms with Crippen molar-refractivity contribution in [3.05, 3.63) is 21.4 Å². The number of fused-ring (bicyclic) bond motifs is 1. The van der Waals surface area contributed by atoms with Crippen LogP contribution in [0.4, 0.5) is 0 Å². The predicted molar refractivity (Wildman–Crippen MR) is 77.4 cm³/mol. The third-order valence-electron chi connectivity index (χ3n) is 4.29. The van der Waals surface area contributed by atoms with Crippen LogP contribution in [-0.2, 0) is 13.0 Å². The molecular weight excluding hydrogens is 258 g/mol. The van der Waals surface area contributed by atoms with Gasteiger partial charge in [0.15, 0.2) is 0 Å². The first-order valence-corrected chi connectivity index (χ1v) is 7.75. The number of nitrogens with one attached hydrogen (secondary N) is 1. The van der Waals surface area contributed by atoms with E-state index in [4.69, 9.17) is 5.73 Å². The molecule has 4 nitrogen and oxygen atoms in total. The van der Waals surface area contributed by atoms with Gasteiger partial charge in [-0.15, -0.1) is 11.3 Å². The Morgan fingerprint density at radius 3 is 3.16 bits per heavy atom. The maximum absolute atomic E-state index is 12.5. The highest BCUT2D eigenvalue weighted by Crippen LogP contribution is 2.32. The minimum Gasteiger partial charge on any atom is -0.337 e. The molecule has 0 saturated carbocycles. The number of rotatable bonds is 2. The molecule has 1 saturated heterocycles. The molecule has 5 heteroatoms. The van der Waals surface area contributed by atoms with Gasteiger partial charge >= 0.3 is 0 Å².